The number of nitrogens with zero attached hydrogens (tertiary/aromatic N) is 1. The van der Waals surface area contributed by atoms with E-state index in [9.17, 15) is 20.1 Å². The summed E-state index contributed by atoms with van der Waals surface area (Å²) in [6.07, 6.45) is -0.686. The Bertz CT molecular complexity index is 248. The van der Waals surface area contributed by atoms with Gasteiger partial charge in [-0.05, 0) is 12.8 Å². The number of aliphatic hydroxyl groups excluding tert-OH is 4. The molecule has 0 radical (unpaired) electrons. The van der Waals surface area contributed by atoms with Gasteiger partial charge in [-0.1, -0.05) is 12.8 Å². The van der Waals surface area contributed by atoms with Crippen molar-refractivity contribution < 1.29 is 25.2 Å². The van der Waals surface area contributed by atoms with E-state index in [0.29, 0.717) is 6.54 Å². The zero-order valence-corrected chi connectivity index (χ0v) is 9.83. The highest BCUT2D eigenvalue weighted by Gasteiger charge is 2.39. The van der Waals surface area contributed by atoms with Crippen LogP contribution in [0.1, 0.15) is 25.7 Å². The maximum Gasteiger partial charge on any atom is 0.254 e. The van der Waals surface area contributed by atoms with Gasteiger partial charge in [0.05, 0.1) is 0 Å². The van der Waals surface area contributed by atoms with Gasteiger partial charge in [-0.3, -0.25) is 4.79 Å². The second-order valence-electron chi connectivity index (χ2n) is 4.42. The number of piperidine rings is 1. The van der Waals surface area contributed by atoms with Gasteiger partial charge in [-0.25, -0.2) is 0 Å². The number of unbranched alkanes of at least 4 members (excludes halogenated alkanes) is 3. The van der Waals surface area contributed by atoms with Crippen molar-refractivity contribution in [3.8, 4) is 0 Å². The number of hydrogen-bond donors (Lipinski definition) is 4. The van der Waals surface area contributed by atoms with Gasteiger partial charge in [0.15, 0.2) is 6.10 Å². The summed E-state index contributed by atoms with van der Waals surface area (Å²) in [6, 6.07) is 0. The van der Waals surface area contributed by atoms with Crippen molar-refractivity contribution in [2.75, 3.05) is 19.7 Å². The normalized spacial score (nSPS) is 29.8. The SMILES string of the molecule is O=C1[C@H](O)[C@H](O)[C@H](O)CN1CCCCCCO. The minimum absolute atomic E-state index is 0.0665. The van der Waals surface area contributed by atoms with Crippen LogP contribution in [0.15, 0.2) is 0 Å². The Balaban J connectivity index is 2.30. The maximum absolute atomic E-state index is 11.6. The molecule has 1 aliphatic heterocycles. The van der Waals surface area contributed by atoms with Gasteiger partial charge >= 0.3 is 0 Å². The number of rotatable bonds is 6. The standard InChI is InChI=1S/C11H21NO5/c13-6-4-2-1-3-5-12-7-8(14)9(15)10(16)11(12)17/h8-10,13-16H,1-7H2/t8-,9-,10-/m1/s1. The molecular weight excluding hydrogens is 226 g/mol. The second kappa shape index (κ2) is 6.90. The third kappa shape index (κ3) is 3.92. The lowest BCUT2D eigenvalue weighted by atomic mass is 10.0. The topological polar surface area (TPSA) is 101 Å². The average Bonchev–Trinajstić information content (AvgIpc) is 2.32. The summed E-state index contributed by atoms with van der Waals surface area (Å²) in [5.74, 6) is -0.523. The summed E-state index contributed by atoms with van der Waals surface area (Å²) in [5, 5.41) is 36.7. The van der Waals surface area contributed by atoms with Crippen molar-refractivity contribution in [2.24, 2.45) is 0 Å². The van der Waals surface area contributed by atoms with E-state index in [0.717, 1.165) is 25.7 Å². The number of carbonyl (C=O) groups excluding carboxylic acids is 1. The van der Waals surface area contributed by atoms with E-state index in [1.54, 1.807) is 0 Å². The smallest absolute Gasteiger partial charge is 0.254 e. The summed E-state index contributed by atoms with van der Waals surface area (Å²) < 4.78 is 0. The van der Waals surface area contributed by atoms with E-state index in [1.807, 2.05) is 0 Å². The highest BCUT2D eigenvalue weighted by Crippen LogP contribution is 2.14. The minimum Gasteiger partial charge on any atom is -0.396 e. The number of carbonyl (C=O) groups is 1. The molecule has 0 aliphatic carbocycles. The van der Waals surface area contributed by atoms with Crippen LogP contribution < -0.4 is 0 Å². The molecule has 1 amide bonds. The van der Waals surface area contributed by atoms with Crippen molar-refractivity contribution >= 4 is 5.91 Å². The molecule has 1 aliphatic rings. The number of aliphatic hydroxyl groups is 4. The summed E-state index contributed by atoms with van der Waals surface area (Å²) in [4.78, 5) is 12.9. The van der Waals surface area contributed by atoms with E-state index in [1.165, 1.54) is 4.90 Å². The van der Waals surface area contributed by atoms with Crippen molar-refractivity contribution in [1.29, 1.82) is 0 Å². The molecule has 1 fully saturated rings. The quantitative estimate of drug-likeness (QED) is 0.426. The molecule has 3 atom stereocenters. The van der Waals surface area contributed by atoms with Gasteiger partial charge in [0.25, 0.3) is 5.91 Å². The molecule has 0 spiro atoms. The molecule has 0 saturated carbocycles. The molecule has 0 unspecified atom stereocenters. The first-order valence-corrected chi connectivity index (χ1v) is 6.01. The first-order chi connectivity index (χ1) is 8.07. The number of likely N-dealkylation sites (tertiary alicyclic amines) is 1. The van der Waals surface area contributed by atoms with Crippen molar-refractivity contribution in [3.05, 3.63) is 0 Å². The zero-order valence-electron chi connectivity index (χ0n) is 9.83. The van der Waals surface area contributed by atoms with E-state index < -0.39 is 24.2 Å². The van der Waals surface area contributed by atoms with Crippen molar-refractivity contribution in [1.82, 2.24) is 4.90 Å². The van der Waals surface area contributed by atoms with Crippen LogP contribution in [0.4, 0.5) is 0 Å². The molecule has 6 nitrogen and oxygen atoms in total. The minimum atomic E-state index is -1.52. The Morgan fingerprint density at radius 3 is 2.41 bits per heavy atom. The number of amides is 1. The molecule has 100 valence electrons. The first kappa shape index (κ1) is 14.4. The Kier molecular flexibility index (Phi) is 5.84. The third-order valence-corrected chi connectivity index (χ3v) is 3.03. The third-order valence-electron chi connectivity index (χ3n) is 3.03. The van der Waals surface area contributed by atoms with Crippen molar-refractivity contribution in [3.63, 3.8) is 0 Å². The van der Waals surface area contributed by atoms with Crippen LogP contribution in [0.5, 0.6) is 0 Å². The molecule has 0 aromatic heterocycles. The monoisotopic (exact) mass is 247 g/mol. The molecule has 1 saturated heterocycles. The summed E-state index contributed by atoms with van der Waals surface area (Å²) >= 11 is 0. The lowest BCUT2D eigenvalue weighted by Crippen LogP contribution is -2.58. The molecule has 4 N–H and O–H groups in total. The fourth-order valence-corrected chi connectivity index (χ4v) is 1.94. The van der Waals surface area contributed by atoms with Gasteiger partial charge in [-0.15, -0.1) is 0 Å². The Hall–Kier alpha value is -0.690. The molecule has 0 bridgehead atoms. The van der Waals surface area contributed by atoms with E-state index in [4.69, 9.17) is 5.11 Å². The van der Waals surface area contributed by atoms with Gasteiger partial charge in [-0.2, -0.15) is 0 Å². The van der Waals surface area contributed by atoms with Gasteiger partial charge < -0.3 is 25.3 Å². The Morgan fingerprint density at radius 2 is 1.76 bits per heavy atom. The Labute approximate surface area is 100 Å². The van der Waals surface area contributed by atoms with Crippen LogP contribution in [0, 0.1) is 0 Å². The highest BCUT2D eigenvalue weighted by atomic mass is 16.4. The van der Waals surface area contributed by atoms with Crippen LogP contribution in [0.3, 0.4) is 0 Å². The molecule has 17 heavy (non-hydrogen) atoms. The number of β-amino-alcohol motifs (C(OH)–C–C–N with tert-alkyl or cyclic N) is 1. The first-order valence-electron chi connectivity index (χ1n) is 6.01. The van der Waals surface area contributed by atoms with Crippen LogP contribution in [0.2, 0.25) is 0 Å². The highest BCUT2D eigenvalue weighted by molar-refractivity contribution is 5.82. The predicted molar refractivity (Wildman–Crippen MR) is 60.2 cm³/mol. The van der Waals surface area contributed by atoms with E-state index >= 15 is 0 Å². The lowest BCUT2D eigenvalue weighted by Gasteiger charge is -2.36. The number of hydrogen-bond acceptors (Lipinski definition) is 5. The van der Waals surface area contributed by atoms with E-state index in [2.05, 4.69) is 0 Å². The molecular formula is C11H21NO5. The summed E-state index contributed by atoms with van der Waals surface area (Å²) in [6.45, 7) is 0.703. The zero-order chi connectivity index (χ0) is 12.8. The predicted octanol–water partition coefficient (Wildman–Crippen LogP) is -1.54. The van der Waals surface area contributed by atoms with Crippen LogP contribution in [0.25, 0.3) is 0 Å². The molecule has 0 aromatic rings. The fourth-order valence-electron chi connectivity index (χ4n) is 1.94. The maximum atomic E-state index is 11.6. The van der Waals surface area contributed by atoms with Crippen LogP contribution in [-0.2, 0) is 4.79 Å². The van der Waals surface area contributed by atoms with Gasteiger partial charge in [0.1, 0.15) is 12.2 Å². The lowest BCUT2D eigenvalue weighted by molar-refractivity contribution is -0.165. The van der Waals surface area contributed by atoms with E-state index in [-0.39, 0.29) is 13.2 Å². The van der Waals surface area contributed by atoms with Gasteiger partial charge in [0, 0.05) is 19.7 Å². The molecule has 1 rings (SSSR count). The molecule has 1 heterocycles. The largest absolute Gasteiger partial charge is 0.396 e. The second-order valence-corrected chi connectivity index (χ2v) is 4.42. The van der Waals surface area contributed by atoms with Crippen LogP contribution in [-0.4, -0.2) is 69.2 Å². The average molecular weight is 247 g/mol. The molecule has 0 aromatic carbocycles. The van der Waals surface area contributed by atoms with Crippen molar-refractivity contribution in [2.45, 2.75) is 44.0 Å². The molecule has 6 heteroatoms. The fraction of sp³-hybridized carbons (Fsp3) is 0.909. The Morgan fingerprint density at radius 1 is 1.12 bits per heavy atom. The summed E-state index contributed by atoms with van der Waals surface area (Å²) in [7, 11) is 0. The summed E-state index contributed by atoms with van der Waals surface area (Å²) in [5.41, 5.74) is 0. The van der Waals surface area contributed by atoms with Crippen LogP contribution >= 0.6 is 0 Å². The van der Waals surface area contributed by atoms with Gasteiger partial charge in [0.2, 0.25) is 0 Å².